The Morgan fingerprint density at radius 3 is 2.12 bits per heavy atom. The molecule has 0 aromatic heterocycles. The number of hydrogen-bond donors (Lipinski definition) is 0. The summed E-state index contributed by atoms with van der Waals surface area (Å²) in [7, 11) is 0. The first-order valence-electron chi connectivity index (χ1n) is 9.52. The maximum atomic E-state index is 6.27. The first-order valence-corrected chi connectivity index (χ1v) is 9.52. The van der Waals surface area contributed by atoms with Crippen molar-refractivity contribution in [3.63, 3.8) is 0 Å². The maximum Gasteiger partial charge on any atom is 0.0879 e. The average molecular weight is 342 g/mol. The van der Waals surface area contributed by atoms with Gasteiger partial charge in [-0.25, -0.2) is 0 Å². The molecule has 26 heavy (non-hydrogen) atoms. The monoisotopic (exact) mass is 342 g/mol. The first-order chi connectivity index (χ1) is 12.5. The molecule has 4 aromatic rings. The van der Waals surface area contributed by atoms with Gasteiger partial charge in [-0.2, -0.15) is 0 Å². The fourth-order valence-electron chi connectivity index (χ4n) is 3.86. The van der Waals surface area contributed by atoms with Crippen LogP contribution in [0.25, 0.3) is 32.3 Å². The zero-order valence-corrected chi connectivity index (χ0v) is 16.0. The van der Waals surface area contributed by atoms with E-state index in [2.05, 4.69) is 94.4 Å². The van der Waals surface area contributed by atoms with Gasteiger partial charge in [0.1, 0.15) is 0 Å². The third-order valence-corrected chi connectivity index (χ3v) is 5.51. The lowest BCUT2D eigenvalue weighted by atomic mass is 9.92. The van der Waals surface area contributed by atoms with E-state index < -0.39 is 0 Å². The molecule has 0 spiro atoms. The Morgan fingerprint density at radius 2 is 1.38 bits per heavy atom. The van der Waals surface area contributed by atoms with Gasteiger partial charge in [-0.15, -0.1) is 0 Å². The van der Waals surface area contributed by atoms with Gasteiger partial charge in [0.15, 0.2) is 0 Å². The minimum absolute atomic E-state index is 0.253. The van der Waals surface area contributed by atoms with Crippen molar-refractivity contribution in [1.82, 2.24) is 0 Å². The van der Waals surface area contributed by atoms with Crippen molar-refractivity contribution < 1.29 is 4.74 Å². The third kappa shape index (κ3) is 2.87. The SMILES string of the molecule is CCC(C)OC(C)(C)c1ccc2c(ccc3c4ccccc4ccc23)c1. The second kappa shape index (κ2) is 6.41. The van der Waals surface area contributed by atoms with Crippen molar-refractivity contribution in [2.24, 2.45) is 0 Å². The van der Waals surface area contributed by atoms with Crippen molar-refractivity contribution in [3.05, 3.63) is 72.3 Å². The van der Waals surface area contributed by atoms with Crippen LogP contribution in [0.5, 0.6) is 0 Å². The molecule has 4 rings (SSSR count). The lowest BCUT2D eigenvalue weighted by Gasteiger charge is -2.29. The van der Waals surface area contributed by atoms with Crippen LogP contribution < -0.4 is 0 Å². The van der Waals surface area contributed by atoms with Crippen LogP contribution in [0.2, 0.25) is 0 Å². The molecular formula is C25H26O. The van der Waals surface area contributed by atoms with E-state index in [4.69, 9.17) is 4.74 Å². The number of hydrogen-bond acceptors (Lipinski definition) is 1. The summed E-state index contributed by atoms with van der Waals surface area (Å²) in [5.41, 5.74) is 0.938. The van der Waals surface area contributed by atoms with Crippen LogP contribution in [-0.4, -0.2) is 6.10 Å². The second-order valence-electron chi connectivity index (χ2n) is 7.73. The lowest BCUT2D eigenvalue weighted by Crippen LogP contribution is -2.26. The third-order valence-electron chi connectivity index (χ3n) is 5.51. The molecule has 132 valence electrons. The van der Waals surface area contributed by atoms with Crippen LogP contribution in [0.1, 0.15) is 39.7 Å². The molecule has 0 aliphatic heterocycles. The van der Waals surface area contributed by atoms with Gasteiger partial charge in [0.05, 0.1) is 11.7 Å². The minimum atomic E-state index is -0.290. The Hall–Kier alpha value is -2.38. The van der Waals surface area contributed by atoms with Gasteiger partial charge < -0.3 is 4.74 Å². The van der Waals surface area contributed by atoms with Gasteiger partial charge in [0.25, 0.3) is 0 Å². The fourth-order valence-corrected chi connectivity index (χ4v) is 3.86. The Morgan fingerprint density at radius 1 is 0.769 bits per heavy atom. The van der Waals surface area contributed by atoms with Gasteiger partial charge in [0.2, 0.25) is 0 Å². The normalized spacial score (nSPS) is 13.5. The zero-order chi connectivity index (χ0) is 18.3. The van der Waals surface area contributed by atoms with Crippen molar-refractivity contribution in [3.8, 4) is 0 Å². The van der Waals surface area contributed by atoms with Crippen molar-refractivity contribution in [1.29, 1.82) is 0 Å². The molecule has 1 heteroatoms. The number of ether oxygens (including phenoxy) is 1. The Balaban J connectivity index is 1.88. The topological polar surface area (TPSA) is 9.23 Å². The van der Waals surface area contributed by atoms with E-state index >= 15 is 0 Å². The van der Waals surface area contributed by atoms with Crippen LogP contribution in [0.3, 0.4) is 0 Å². The molecule has 0 radical (unpaired) electrons. The van der Waals surface area contributed by atoms with Gasteiger partial charge in [0, 0.05) is 0 Å². The van der Waals surface area contributed by atoms with Gasteiger partial charge >= 0.3 is 0 Å². The predicted molar refractivity (Wildman–Crippen MR) is 113 cm³/mol. The van der Waals surface area contributed by atoms with Crippen LogP contribution in [-0.2, 0) is 10.3 Å². The molecular weight excluding hydrogens is 316 g/mol. The summed E-state index contributed by atoms with van der Waals surface area (Å²) in [6.07, 6.45) is 1.28. The quantitative estimate of drug-likeness (QED) is 0.356. The highest BCUT2D eigenvalue weighted by atomic mass is 16.5. The molecule has 0 heterocycles. The van der Waals surface area contributed by atoms with E-state index in [1.54, 1.807) is 0 Å². The van der Waals surface area contributed by atoms with Gasteiger partial charge in [-0.05, 0) is 71.1 Å². The summed E-state index contributed by atoms with van der Waals surface area (Å²) in [5.74, 6) is 0. The maximum absolute atomic E-state index is 6.27. The molecule has 0 amide bonds. The highest BCUT2D eigenvalue weighted by Crippen LogP contribution is 2.34. The smallest absolute Gasteiger partial charge is 0.0879 e. The van der Waals surface area contributed by atoms with Crippen molar-refractivity contribution in [2.75, 3.05) is 0 Å². The molecule has 0 N–H and O–H groups in total. The van der Waals surface area contributed by atoms with E-state index in [9.17, 15) is 0 Å². The largest absolute Gasteiger partial charge is 0.368 e. The molecule has 1 unspecified atom stereocenters. The van der Waals surface area contributed by atoms with E-state index in [1.165, 1.54) is 37.9 Å². The van der Waals surface area contributed by atoms with Crippen molar-refractivity contribution >= 4 is 32.3 Å². The van der Waals surface area contributed by atoms with E-state index in [0.717, 1.165) is 6.42 Å². The van der Waals surface area contributed by atoms with Crippen LogP contribution in [0.4, 0.5) is 0 Å². The molecule has 0 aliphatic carbocycles. The zero-order valence-electron chi connectivity index (χ0n) is 16.0. The van der Waals surface area contributed by atoms with Crippen molar-refractivity contribution in [2.45, 2.75) is 45.8 Å². The van der Waals surface area contributed by atoms with E-state index in [1.807, 2.05) is 0 Å². The minimum Gasteiger partial charge on any atom is -0.368 e. The fraction of sp³-hybridized carbons (Fsp3) is 0.280. The standard InChI is InChI=1S/C25H26O/c1-5-17(2)26-25(3,4)20-12-15-22-19(16-20)11-14-23-21-9-7-6-8-18(21)10-13-24(22)23/h6-17H,5H2,1-4H3. The molecule has 0 aliphatic rings. The van der Waals surface area contributed by atoms with Crippen LogP contribution in [0, 0.1) is 0 Å². The summed E-state index contributed by atoms with van der Waals surface area (Å²) >= 11 is 0. The van der Waals surface area contributed by atoms with E-state index in [-0.39, 0.29) is 11.7 Å². The summed E-state index contributed by atoms with van der Waals surface area (Å²) in [6.45, 7) is 8.63. The molecule has 1 nitrogen and oxygen atoms in total. The molecule has 0 saturated heterocycles. The number of rotatable bonds is 4. The molecule has 0 bridgehead atoms. The molecule has 4 aromatic carbocycles. The number of fused-ring (bicyclic) bond motifs is 5. The summed E-state index contributed by atoms with van der Waals surface area (Å²) < 4.78 is 6.27. The van der Waals surface area contributed by atoms with Crippen LogP contribution in [0.15, 0.2) is 66.7 Å². The number of benzene rings is 4. The van der Waals surface area contributed by atoms with E-state index in [0.29, 0.717) is 0 Å². The molecule has 0 saturated carbocycles. The summed E-state index contributed by atoms with van der Waals surface area (Å²) in [5, 5.41) is 7.81. The molecule has 0 fully saturated rings. The molecule has 1 atom stereocenters. The summed E-state index contributed by atoms with van der Waals surface area (Å²) in [6, 6.07) is 24.3. The second-order valence-corrected chi connectivity index (χ2v) is 7.73. The summed E-state index contributed by atoms with van der Waals surface area (Å²) in [4.78, 5) is 0. The van der Waals surface area contributed by atoms with Crippen LogP contribution >= 0.6 is 0 Å². The predicted octanol–water partition coefficient (Wildman–Crippen LogP) is 7.20. The van der Waals surface area contributed by atoms with Gasteiger partial charge in [-0.3, -0.25) is 0 Å². The highest BCUT2D eigenvalue weighted by molar-refractivity contribution is 6.17. The Bertz CT molecular complexity index is 1090. The Kier molecular flexibility index (Phi) is 4.20. The lowest BCUT2D eigenvalue weighted by molar-refractivity contribution is -0.0691. The Labute approximate surface area is 155 Å². The highest BCUT2D eigenvalue weighted by Gasteiger charge is 2.23. The first kappa shape index (κ1) is 17.1. The average Bonchev–Trinajstić information content (AvgIpc) is 2.66. The van der Waals surface area contributed by atoms with Gasteiger partial charge in [-0.1, -0.05) is 67.6 Å².